The molecule has 1 aliphatic heterocycles. The van der Waals surface area contributed by atoms with Crippen LogP contribution >= 0.6 is 23.7 Å². The Morgan fingerprint density at radius 1 is 1.44 bits per heavy atom. The predicted molar refractivity (Wildman–Crippen MR) is 73.7 cm³/mol. The molecular weight excluding hydrogens is 240 g/mol. The van der Waals surface area contributed by atoms with E-state index in [1.165, 1.54) is 11.3 Å². The van der Waals surface area contributed by atoms with Crippen molar-refractivity contribution in [3.63, 3.8) is 0 Å². The molecule has 1 aliphatic rings. The minimum absolute atomic E-state index is 0. The third kappa shape index (κ3) is 3.99. The van der Waals surface area contributed by atoms with E-state index < -0.39 is 0 Å². The van der Waals surface area contributed by atoms with Crippen molar-refractivity contribution in [1.82, 2.24) is 5.32 Å². The molecule has 0 aromatic carbocycles. The van der Waals surface area contributed by atoms with E-state index in [0.717, 1.165) is 19.3 Å². The van der Waals surface area contributed by atoms with E-state index in [4.69, 9.17) is 5.41 Å². The SMILES string of the molecule is Cl.N=C1CCCCC(/C=C/c2cccs2)N1. The van der Waals surface area contributed by atoms with Gasteiger partial charge in [0.25, 0.3) is 0 Å². The van der Waals surface area contributed by atoms with E-state index >= 15 is 0 Å². The van der Waals surface area contributed by atoms with Crippen molar-refractivity contribution in [1.29, 1.82) is 5.41 Å². The first-order chi connectivity index (χ1) is 7.34. The van der Waals surface area contributed by atoms with E-state index in [2.05, 4.69) is 35.0 Å². The highest BCUT2D eigenvalue weighted by Gasteiger charge is 2.10. The Hall–Kier alpha value is -0.800. The Bertz CT molecular complexity index is 346. The molecule has 1 fully saturated rings. The van der Waals surface area contributed by atoms with Gasteiger partial charge in [-0.25, -0.2) is 0 Å². The van der Waals surface area contributed by atoms with Gasteiger partial charge in [0.2, 0.25) is 0 Å². The Morgan fingerprint density at radius 3 is 3.06 bits per heavy atom. The van der Waals surface area contributed by atoms with Gasteiger partial charge in [-0.2, -0.15) is 0 Å². The summed E-state index contributed by atoms with van der Waals surface area (Å²) in [5, 5.41) is 13.0. The summed E-state index contributed by atoms with van der Waals surface area (Å²) in [5.74, 6) is 0.688. The van der Waals surface area contributed by atoms with Crippen LogP contribution in [0, 0.1) is 5.41 Å². The lowest BCUT2D eigenvalue weighted by Crippen LogP contribution is -2.30. The van der Waals surface area contributed by atoms with E-state index in [1.54, 1.807) is 11.3 Å². The molecule has 1 aromatic heterocycles. The number of nitrogens with one attached hydrogen (secondary N) is 2. The number of thiophene rings is 1. The van der Waals surface area contributed by atoms with Crippen molar-refractivity contribution >= 4 is 35.7 Å². The molecule has 2 rings (SSSR count). The summed E-state index contributed by atoms with van der Waals surface area (Å²) in [7, 11) is 0. The van der Waals surface area contributed by atoms with Crippen molar-refractivity contribution in [2.24, 2.45) is 0 Å². The molecule has 2 N–H and O–H groups in total. The van der Waals surface area contributed by atoms with E-state index in [-0.39, 0.29) is 12.4 Å². The van der Waals surface area contributed by atoms with Gasteiger partial charge in [0.15, 0.2) is 0 Å². The first kappa shape index (κ1) is 13.3. The molecule has 0 amide bonds. The van der Waals surface area contributed by atoms with Crippen molar-refractivity contribution in [2.45, 2.75) is 31.7 Å². The summed E-state index contributed by atoms with van der Waals surface area (Å²) in [4.78, 5) is 1.28. The maximum absolute atomic E-state index is 7.67. The number of amidine groups is 1. The molecule has 1 unspecified atom stereocenters. The van der Waals surface area contributed by atoms with Crippen LogP contribution in [0.1, 0.15) is 30.6 Å². The fourth-order valence-electron chi connectivity index (χ4n) is 1.78. The zero-order valence-corrected chi connectivity index (χ0v) is 10.7. The molecule has 0 spiro atoms. The Labute approximate surface area is 107 Å². The van der Waals surface area contributed by atoms with Crippen molar-refractivity contribution in [2.75, 3.05) is 0 Å². The second-order valence-corrected chi connectivity index (χ2v) is 4.83. The topological polar surface area (TPSA) is 35.9 Å². The normalized spacial score (nSPS) is 21.2. The molecule has 0 bridgehead atoms. The van der Waals surface area contributed by atoms with E-state index in [0.29, 0.717) is 11.9 Å². The van der Waals surface area contributed by atoms with Crippen LogP contribution in [0.2, 0.25) is 0 Å². The average molecular weight is 257 g/mol. The summed E-state index contributed by atoms with van der Waals surface area (Å²) >= 11 is 1.75. The van der Waals surface area contributed by atoms with Crippen LogP contribution in [-0.2, 0) is 0 Å². The van der Waals surface area contributed by atoms with Gasteiger partial charge in [-0.05, 0) is 30.4 Å². The quantitative estimate of drug-likeness (QED) is 0.832. The first-order valence-corrected chi connectivity index (χ1v) is 6.28. The lowest BCUT2D eigenvalue weighted by molar-refractivity contribution is 0.640. The highest BCUT2D eigenvalue weighted by molar-refractivity contribution is 7.10. The number of hydrogen-bond donors (Lipinski definition) is 2. The van der Waals surface area contributed by atoms with Crippen LogP contribution in [0.4, 0.5) is 0 Å². The molecule has 2 nitrogen and oxygen atoms in total. The molecule has 1 saturated heterocycles. The summed E-state index contributed by atoms with van der Waals surface area (Å²) in [6.45, 7) is 0. The largest absolute Gasteiger partial charge is 0.368 e. The van der Waals surface area contributed by atoms with Crippen LogP contribution in [0.3, 0.4) is 0 Å². The third-order valence-corrected chi connectivity index (χ3v) is 3.43. The molecule has 0 radical (unpaired) electrons. The van der Waals surface area contributed by atoms with Gasteiger partial charge in [0.05, 0.1) is 5.84 Å². The summed E-state index contributed by atoms with van der Waals surface area (Å²) < 4.78 is 0. The second-order valence-electron chi connectivity index (χ2n) is 3.85. The highest BCUT2D eigenvalue weighted by atomic mass is 35.5. The summed E-state index contributed by atoms with van der Waals surface area (Å²) in [6.07, 6.45) is 8.75. The van der Waals surface area contributed by atoms with Crippen molar-refractivity contribution < 1.29 is 0 Å². The number of hydrogen-bond acceptors (Lipinski definition) is 2. The molecule has 2 heterocycles. The summed E-state index contributed by atoms with van der Waals surface area (Å²) in [6, 6.07) is 4.53. The first-order valence-electron chi connectivity index (χ1n) is 5.40. The fourth-order valence-corrected chi connectivity index (χ4v) is 2.40. The van der Waals surface area contributed by atoms with Gasteiger partial charge >= 0.3 is 0 Å². The van der Waals surface area contributed by atoms with Crippen molar-refractivity contribution in [3.8, 4) is 0 Å². The van der Waals surface area contributed by atoms with Gasteiger partial charge < -0.3 is 5.32 Å². The zero-order chi connectivity index (χ0) is 10.5. The standard InChI is InChI=1S/C12H16N2S.ClH/c13-12-6-2-1-4-10(14-12)7-8-11-5-3-9-15-11;/h3,5,7-10H,1-2,4,6H2,(H2,13,14);1H/b8-7+;. The van der Waals surface area contributed by atoms with Crippen LogP contribution in [0.25, 0.3) is 6.08 Å². The van der Waals surface area contributed by atoms with Crippen LogP contribution < -0.4 is 5.32 Å². The van der Waals surface area contributed by atoms with Gasteiger partial charge in [-0.15, -0.1) is 23.7 Å². The molecule has 4 heteroatoms. The van der Waals surface area contributed by atoms with E-state index in [9.17, 15) is 0 Å². The van der Waals surface area contributed by atoms with Gasteiger partial charge in [-0.1, -0.05) is 18.6 Å². The minimum Gasteiger partial charge on any atom is -0.368 e. The Balaban J connectivity index is 0.00000128. The Kier molecular flexibility index (Phi) is 5.56. The maximum Gasteiger partial charge on any atom is 0.0936 e. The second kappa shape index (κ2) is 6.71. The van der Waals surface area contributed by atoms with Crippen LogP contribution in [-0.4, -0.2) is 11.9 Å². The predicted octanol–water partition coefficient (Wildman–Crippen LogP) is 3.69. The molecule has 16 heavy (non-hydrogen) atoms. The van der Waals surface area contributed by atoms with Crippen LogP contribution in [0.5, 0.6) is 0 Å². The molecule has 1 aromatic rings. The Morgan fingerprint density at radius 2 is 2.31 bits per heavy atom. The zero-order valence-electron chi connectivity index (χ0n) is 9.11. The molecule has 0 saturated carbocycles. The van der Waals surface area contributed by atoms with Crippen molar-refractivity contribution in [3.05, 3.63) is 28.5 Å². The van der Waals surface area contributed by atoms with Gasteiger partial charge in [0.1, 0.15) is 0 Å². The third-order valence-electron chi connectivity index (χ3n) is 2.59. The molecular formula is C12H17ClN2S. The fraction of sp³-hybridized carbons (Fsp3) is 0.417. The van der Waals surface area contributed by atoms with E-state index in [1.807, 2.05) is 0 Å². The smallest absolute Gasteiger partial charge is 0.0936 e. The molecule has 88 valence electrons. The van der Waals surface area contributed by atoms with Crippen LogP contribution in [0.15, 0.2) is 23.6 Å². The average Bonchev–Trinajstić information content (AvgIpc) is 2.65. The lowest BCUT2D eigenvalue weighted by atomic mass is 10.1. The highest BCUT2D eigenvalue weighted by Crippen LogP contribution is 2.14. The lowest BCUT2D eigenvalue weighted by Gasteiger charge is -2.11. The van der Waals surface area contributed by atoms with Gasteiger partial charge in [-0.3, -0.25) is 5.41 Å². The minimum atomic E-state index is 0. The maximum atomic E-state index is 7.67. The van der Waals surface area contributed by atoms with Gasteiger partial charge in [0, 0.05) is 17.3 Å². The number of halogens is 1. The summed E-state index contributed by atoms with van der Waals surface area (Å²) in [5.41, 5.74) is 0. The molecule has 1 atom stereocenters. The molecule has 0 aliphatic carbocycles. The monoisotopic (exact) mass is 256 g/mol. The number of rotatable bonds is 2.